The van der Waals surface area contributed by atoms with Gasteiger partial charge < -0.3 is 24.8 Å². The van der Waals surface area contributed by atoms with Gasteiger partial charge in [-0.15, -0.1) is 0 Å². The molecular formula is C26H22F2N4O3. The van der Waals surface area contributed by atoms with Gasteiger partial charge in [0.2, 0.25) is 5.95 Å². The third-order valence-corrected chi connectivity index (χ3v) is 7.32. The lowest BCUT2D eigenvalue weighted by Crippen LogP contribution is -2.44. The first-order valence-corrected chi connectivity index (χ1v) is 11.7. The van der Waals surface area contributed by atoms with Crippen LogP contribution < -0.4 is 15.4 Å². The fraction of sp³-hybridized carbons (Fsp3) is 0.308. The Bertz CT molecular complexity index is 1390. The van der Waals surface area contributed by atoms with Crippen LogP contribution in [0.3, 0.4) is 0 Å². The monoisotopic (exact) mass is 476 g/mol. The van der Waals surface area contributed by atoms with Crippen LogP contribution in [0.1, 0.15) is 24.0 Å². The third-order valence-electron chi connectivity index (χ3n) is 7.32. The van der Waals surface area contributed by atoms with Crippen LogP contribution in [-0.2, 0) is 15.0 Å². The summed E-state index contributed by atoms with van der Waals surface area (Å²) in [6.45, 7) is 1.46. The van der Waals surface area contributed by atoms with Crippen molar-refractivity contribution in [2.24, 2.45) is 10.7 Å². The van der Waals surface area contributed by atoms with E-state index in [-0.39, 0.29) is 30.6 Å². The van der Waals surface area contributed by atoms with Gasteiger partial charge in [0.15, 0.2) is 17.1 Å². The largest absolute Gasteiger partial charge is 0.462 e. The molecule has 3 unspecified atom stereocenters. The molecule has 9 heteroatoms. The van der Waals surface area contributed by atoms with E-state index < -0.39 is 17.3 Å². The summed E-state index contributed by atoms with van der Waals surface area (Å²) in [6.07, 6.45) is 3.68. The van der Waals surface area contributed by atoms with Crippen molar-refractivity contribution in [1.29, 1.82) is 0 Å². The van der Waals surface area contributed by atoms with Gasteiger partial charge in [-0.3, -0.25) is 0 Å². The van der Waals surface area contributed by atoms with E-state index in [0.29, 0.717) is 41.1 Å². The second kappa shape index (κ2) is 7.39. The Morgan fingerprint density at radius 1 is 1.06 bits per heavy atom. The molecule has 3 aromatic rings. The van der Waals surface area contributed by atoms with E-state index in [1.165, 1.54) is 12.3 Å². The van der Waals surface area contributed by atoms with Crippen molar-refractivity contribution in [3.05, 3.63) is 71.6 Å². The Kier molecular flexibility index (Phi) is 4.36. The number of hydrogen-bond acceptors (Lipinski definition) is 7. The van der Waals surface area contributed by atoms with E-state index in [1.54, 1.807) is 30.3 Å². The average Bonchev–Trinajstić information content (AvgIpc) is 3.41. The van der Waals surface area contributed by atoms with E-state index in [0.717, 1.165) is 18.5 Å². The first kappa shape index (κ1) is 20.6. The van der Waals surface area contributed by atoms with Gasteiger partial charge in [0, 0.05) is 36.1 Å². The number of ether oxygens (including phenoxy) is 3. The first-order chi connectivity index (χ1) is 17.0. The number of pyridine rings is 1. The molecule has 2 saturated heterocycles. The van der Waals surface area contributed by atoms with Crippen LogP contribution in [0, 0.1) is 11.8 Å². The van der Waals surface area contributed by atoms with Gasteiger partial charge >= 0.3 is 0 Å². The number of benzene rings is 2. The van der Waals surface area contributed by atoms with Gasteiger partial charge in [-0.2, -0.15) is 4.39 Å². The van der Waals surface area contributed by atoms with E-state index in [9.17, 15) is 4.39 Å². The molecule has 2 fully saturated rings. The minimum Gasteiger partial charge on any atom is -0.462 e. The molecule has 7 nitrogen and oxygen atoms in total. The quantitative estimate of drug-likeness (QED) is 0.561. The number of aliphatic imine (C=N–C) groups is 1. The number of halogens is 2. The lowest BCUT2D eigenvalue weighted by Gasteiger charge is -2.40. The fourth-order valence-electron chi connectivity index (χ4n) is 5.77. The van der Waals surface area contributed by atoms with Crippen LogP contribution in [0.15, 0.2) is 53.7 Å². The van der Waals surface area contributed by atoms with Gasteiger partial charge in [-0.25, -0.2) is 14.4 Å². The van der Waals surface area contributed by atoms with Crippen molar-refractivity contribution < 1.29 is 23.0 Å². The van der Waals surface area contributed by atoms with Crippen molar-refractivity contribution in [3.63, 3.8) is 0 Å². The number of amidine groups is 1. The summed E-state index contributed by atoms with van der Waals surface area (Å²) in [5.74, 6) is -0.546. The van der Waals surface area contributed by atoms with E-state index in [4.69, 9.17) is 24.9 Å². The highest BCUT2D eigenvalue weighted by atomic mass is 19.1. The molecule has 178 valence electrons. The maximum absolute atomic E-state index is 15.3. The SMILES string of the molecule is NC1=NC2(CO1)c1cc(-c3cccnc3F)ccc1Oc1c(F)ccc(N3CC4CCC(C3)O4)c12. The highest BCUT2D eigenvalue weighted by Crippen LogP contribution is 2.55. The van der Waals surface area contributed by atoms with Crippen LogP contribution in [0.2, 0.25) is 0 Å². The zero-order valence-electron chi connectivity index (χ0n) is 18.7. The maximum Gasteiger partial charge on any atom is 0.283 e. The van der Waals surface area contributed by atoms with Crippen LogP contribution >= 0.6 is 0 Å². The lowest BCUT2D eigenvalue weighted by molar-refractivity contribution is 0.0303. The highest BCUT2D eigenvalue weighted by Gasteiger charge is 2.50. The molecular weight excluding hydrogens is 454 g/mol. The predicted molar refractivity (Wildman–Crippen MR) is 125 cm³/mol. The molecule has 7 rings (SSSR count). The molecule has 0 saturated carbocycles. The maximum atomic E-state index is 15.3. The smallest absolute Gasteiger partial charge is 0.283 e. The minimum atomic E-state index is -1.14. The van der Waals surface area contributed by atoms with Crippen molar-refractivity contribution in [2.45, 2.75) is 30.6 Å². The van der Waals surface area contributed by atoms with Crippen molar-refractivity contribution in [2.75, 3.05) is 24.6 Å². The van der Waals surface area contributed by atoms with Crippen LogP contribution in [0.5, 0.6) is 11.5 Å². The first-order valence-electron chi connectivity index (χ1n) is 11.7. The second-order valence-electron chi connectivity index (χ2n) is 9.39. The fourth-order valence-corrected chi connectivity index (χ4v) is 5.77. The molecule has 5 heterocycles. The number of hydrogen-bond donors (Lipinski definition) is 1. The van der Waals surface area contributed by atoms with Crippen LogP contribution in [-0.4, -0.2) is 42.9 Å². The Balaban J connectivity index is 1.44. The van der Waals surface area contributed by atoms with Crippen molar-refractivity contribution in [1.82, 2.24) is 4.98 Å². The molecule has 0 aliphatic carbocycles. The molecule has 4 aliphatic heterocycles. The Morgan fingerprint density at radius 3 is 2.63 bits per heavy atom. The molecule has 1 spiro atoms. The third kappa shape index (κ3) is 3.04. The Morgan fingerprint density at radius 2 is 1.89 bits per heavy atom. The van der Waals surface area contributed by atoms with Crippen LogP contribution in [0.25, 0.3) is 11.1 Å². The summed E-state index contributed by atoms with van der Waals surface area (Å²) < 4.78 is 47.6. The van der Waals surface area contributed by atoms with E-state index in [2.05, 4.69) is 9.88 Å². The number of fused-ring (bicyclic) bond motifs is 6. The Labute approximate surface area is 200 Å². The number of nitrogens with zero attached hydrogens (tertiary/aromatic N) is 3. The van der Waals surface area contributed by atoms with Crippen molar-refractivity contribution >= 4 is 11.7 Å². The molecule has 2 N–H and O–H groups in total. The average molecular weight is 476 g/mol. The predicted octanol–water partition coefficient (Wildman–Crippen LogP) is 4.09. The summed E-state index contributed by atoms with van der Waals surface area (Å²) in [7, 11) is 0. The summed E-state index contributed by atoms with van der Waals surface area (Å²) in [5, 5.41) is 0. The van der Waals surface area contributed by atoms with Gasteiger partial charge in [0.25, 0.3) is 6.02 Å². The van der Waals surface area contributed by atoms with Gasteiger partial charge in [0.05, 0.1) is 17.8 Å². The number of morpholine rings is 1. The Hall–Kier alpha value is -3.72. The number of nitrogens with two attached hydrogens (primary N) is 1. The zero-order chi connectivity index (χ0) is 23.7. The summed E-state index contributed by atoms with van der Waals surface area (Å²) in [5.41, 5.74) is 7.85. The molecule has 4 aliphatic rings. The molecule has 0 amide bonds. The standard InChI is InChI=1S/C26H22F2N4O3/c27-19-6-7-20(32-11-15-4-5-16(12-32)34-15)22-23(19)35-21-8-3-14(17-2-1-9-30-24(17)28)10-18(21)26(22)13-33-25(29)31-26/h1-3,6-10,15-16H,4-5,11-13H2,(H2,29,31). The van der Waals surface area contributed by atoms with Gasteiger partial charge in [-0.1, -0.05) is 6.07 Å². The van der Waals surface area contributed by atoms with Crippen LogP contribution in [0.4, 0.5) is 14.5 Å². The normalized spacial score (nSPS) is 26.1. The molecule has 35 heavy (non-hydrogen) atoms. The summed E-state index contributed by atoms with van der Waals surface area (Å²) in [6, 6.07) is 11.8. The minimum absolute atomic E-state index is 0.0130. The molecule has 2 bridgehead atoms. The molecule has 0 radical (unpaired) electrons. The van der Waals surface area contributed by atoms with Crippen molar-refractivity contribution in [3.8, 4) is 22.6 Å². The number of rotatable bonds is 2. The zero-order valence-corrected chi connectivity index (χ0v) is 18.7. The lowest BCUT2D eigenvalue weighted by atomic mass is 9.79. The summed E-state index contributed by atoms with van der Waals surface area (Å²) in [4.78, 5) is 10.7. The molecule has 1 aromatic heterocycles. The highest BCUT2D eigenvalue weighted by molar-refractivity contribution is 5.80. The van der Waals surface area contributed by atoms with E-state index >= 15 is 4.39 Å². The number of aromatic nitrogens is 1. The second-order valence-corrected chi connectivity index (χ2v) is 9.39. The van der Waals surface area contributed by atoms with Gasteiger partial charge in [-0.05, 0) is 54.8 Å². The molecule has 2 aromatic carbocycles. The topological polar surface area (TPSA) is 82.2 Å². The van der Waals surface area contributed by atoms with Gasteiger partial charge in [0.1, 0.15) is 12.4 Å². The van der Waals surface area contributed by atoms with E-state index in [1.807, 2.05) is 6.07 Å². The summed E-state index contributed by atoms with van der Waals surface area (Å²) >= 11 is 0. The molecule has 3 atom stereocenters. The number of anilines is 1.